The van der Waals surface area contributed by atoms with Crippen molar-refractivity contribution in [1.82, 2.24) is 19.9 Å². The van der Waals surface area contributed by atoms with Gasteiger partial charge in [-0.05, 0) is 35.4 Å². The van der Waals surface area contributed by atoms with Crippen molar-refractivity contribution in [3.8, 4) is 0 Å². The number of hydrogen-bond acceptors (Lipinski definition) is 8. The molecule has 10 rings (SSSR count). The van der Waals surface area contributed by atoms with Crippen molar-refractivity contribution in [2.45, 2.75) is 42.9 Å². The molecule has 0 N–H and O–H groups in total. The van der Waals surface area contributed by atoms with Crippen LogP contribution in [0.15, 0.2) is 72.8 Å². The number of benzene rings is 3. The molecule has 12 heteroatoms. The summed E-state index contributed by atoms with van der Waals surface area (Å²) in [5, 5.41) is 0. The minimum Gasteiger partial charge on any atom is -0.349 e. The van der Waals surface area contributed by atoms with Gasteiger partial charge in [-0.3, -0.25) is 0 Å². The van der Waals surface area contributed by atoms with Crippen LogP contribution in [0.3, 0.4) is 0 Å². The zero-order valence-electron chi connectivity index (χ0n) is 26.2. The van der Waals surface area contributed by atoms with Crippen molar-refractivity contribution in [2.24, 2.45) is 11.8 Å². The molecule has 8 nitrogen and oxygen atoms in total. The maximum Gasteiger partial charge on any atom is 0.219 e. The fraction of sp³-hybridized carbons (Fsp3) is 0.389. The van der Waals surface area contributed by atoms with E-state index < -0.39 is 54.7 Å². The van der Waals surface area contributed by atoms with Crippen LogP contribution in [0.5, 0.6) is 0 Å². The molecule has 2 fully saturated rings. The summed E-state index contributed by atoms with van der Waals surface area (Å²) < 4.78 is 25.8. The highest BCUT2D eigenvalue weighted by Gasteiger charge is 2.94. The minimum atomic E-state index is -1.63. The maximum atomic E-state index is 8.24. The van der Waals surface area contributed by atoms with Gasteiger partial charge in [0, 0.05) is 52.1 Å². The highest BCUT2D eigenvalue weighted by molar-refractivity contribution is 6.35. The summed E-state index contributed by atoms with van der Waals surface area (Å²) in [6, 6.07) is 23.4. The van der Waals surface area contributed by atoms with Gasteiger partial charge in [-0.2, -0.15) is 0 Å². The third-order valence-corrected chi connectivity index (χ3v) is 14.8. The number of nitrogens with zero attached hydrogens (tertiary/aromatic N) is 4. The summed E-state index contributed by atoms with van der Waals surface area (Å²) in [5.74, 6) is -5.48. The molecule has 0 unspecified atom stereocenters. The lowest BCUT2D eigenvalue weighted by atomic mass is 9.55. The molecule has 5 aromatic rings. The first-order valence-electron chi connectivity index (χ1n) is 15.7. The number of fused-ring (bicyclic) bond motifs is 22. The van der Waals surface area contributed by atoms with Gasteiger partial charge >= 0.3 is 0 Å². The lowest BCUT2D eigenvalue weighted by Gasteiger charge is -2.52. The molecule has 0 radical (unpaired) electrons. The number of ether oxygens (including phenoxy) is 4. The lowest BCUT2D eigenvalue weighted by Crippen LogP contribution is -2.56. The quantitative estimate of drug-likeness (QED) is 0.143. The SMILES string of the molecule is COC1(OC)[C@@]2(Cl)c3nc4ccccc4nc3[C@]1(Cl)[C@@H]1[C@@H]3[C@H](c4ccccc4[C@@H]12)[C@]1(Cl)c2nc4ccccc4nc2[C@@]3(Cl)C1(OC)OC. The number of para-hydroxylation sites is 4. The normalized spacial score (nSPS) is 36.9. The molecule has 2 heterocycles. The van der Waals surface area contributed by atoms with Crippen LogP contribution in [0, 0.1) is 11.8 Å². The van der Waals surface area contributed by atoms with Crippen molar-refractivity contribution in [3.63, 3.8) is 0 Å². The van der Waals surface area contributed by atoms with Gasteiger partial charge in [0.1, 0.15) is 9.75 Å². The fourth-order valence-electron chi connectivity index (χ4n) is 10.7. The van der Waals surface area contributed by atoms with Crippen molar-refractivity contribution in [3.05, 3.63) is 107 Å². The molecule has 0 saturated heterocycles. The van der Waals surface area contributed by atoms with E-state index in [4.69, 9.17) is 85.3 Å². The number of aromatic nitrogens is 4. The first-order chi connectivity index (χ1) is 23.1. The molecule has 0 amide bonds. The van der Waals surface area contributed by atoms with Crippen LogP contribution in [0.25, 0.3) is 22.1 Å². The van der Waals surface area contributed by atoms with Crippen molar-refractivity contribution in [1.29, 1.82) is 0 Å². The highest BCUT2D eigenvalue weighted by Crippen LogP contribution is 2.88. The van der Waals surface area contributed by atoms with Crippen LogP contribution in [-0.4, -0.2) is 59.9 Å². The van der Waals surface area contributed by atoms with E-state index in [9.17, 15) is 0 Å². The molecule has 5 aliphatic rings. The zero-order valence-corrected chi connectivity index (χ0v) is 29.2. The van der Waals surface area contributed by atoms with E-state index >= 15 is 0 Å². The Labute approximate surface area is 296 Å². The predicted molar refractivity (Wildman–Crippen MR) is 182 cm³/mol. The Kier molecular flexibility index (Phi) is 5.76. The second kappa shape index (κ2) is 9.16. The Morgan fingerprint density at radius 1 is 0.438 bits per heavy atom. The maximum absolute atomic E-state index is 8.24. The van der Waals surface area contributed by atoms with Crippen molar-refractivity contribution < 1.29 is 18.9 Å². The van der Waals surface area contributed by atoms with E-state index in [1.165, 1.54) is 0 Å². The van der Waals surface area contributed by atoms with Crippen molar-refractivity contribution >= 4 is 68.5 Å². The number of rotatable bonds is 4. The molecule has 2 saturated carbocycles. The van der Waals surface area contributed by atoms with Crippen LogP contribution < -0.4 is 0 Å². The molecular formula is C36H28Cl4N4O4. The topological polar surface area (TPSA) is 88.5 Å². The molecule has 244 valence electrons. The standard InChI is InChI=1S/C36H28Cl4N4O4/c1-45-35(46-2)31(37)23-17-11-5-6-12-18(17)24-26(25(23)33(35,39)29-27(31)41-19-13-7-9-15-21(19)43-29)34(40)30-28(32(24,38)36(34,47-3)48-4)42-20-14-8-10-16-22(20)44-30/h5-16,23-26H,1-4H3/t23-,24-,25-,26-,31-,32-,33+,34+/m0/s1. The van der Waals surface area contributed by atoms with E-state index in [-0.39, 0.29) is 0 Å². The zero-order chi connectivity index (χ0) is 33.2. The Morgan fingerprint density at radius 2 is 0.708 bits per heavy atom. The molecule has 3 aromatic carbocycles. The second-order valence-corrected chi connectivity index (χ2v) is 15.7. The molecule has 4 bridgehead atoms. The van der Waals surface area contributed by atoms with Crippen LogP contribution in [0.4, 0.5) is 0 Å². The molecule has 2 aromatic heterocycles. The number of halogens is 4. The van der Waals surface area contributed by atoms with E-state index in [2.05, 4.69) is 12.1 Å². The Balaban J connectivity index is 1.37. The Hall–Kier alpha value is -2.66. The van der Waals surface area contributed by atoms with Gasteiger partial charge in [-0.1, -0.05) is 48.5 Å². The van der Waals surface area contributed by atoms with E-state index in [1.807, 2.05) is 60.7 Å². The number of hydrogen-bond donors (Lipinski definition) is 0. The average molecular weight is 722 g/mol. The predicted octanol–water partition coefficient (Wildman–Crippen LogP) is 7.16. The molecule has 48 heavy (non-hydrogen) atoms. The summed E-state index contributed by atoms with van der Waals surface area (Å²) in [4.78, 5) is 14.7. The first kappa shape index (κ1) is 30.2. The molecule has 8 atom stereocenters. The number of alkyl halides is 4. The monoisotopic (exact) mass is 720 g/mol. The molecule has 5 aliphatic carbocycles. The lowest BCUT2D eigenvalue weighted by molar-refractivity contribution is -0.243. The van der Waals surface area contributed by atoms with Crippen LogP contribution >= 0.6 is 46.4 Å². The third-order valence-electron chi connectivity index (χ3n) is 12.1. The summed E-state index contributed by atoms with van der Waals surface area (Å²) in [6.45, 7) is 0. The summed E-state index contributed by atoms with van der Waals surface area (Å²) in [5.41, 5.74) is 6.58. The van der Waals surface area contributed by atoms with Gasteiger partial charge in [0.25, 0.3) is 0 Å². The van der Waals surface area contributed by atoms with Crippen LogP contribution in [0.2, 0.25) is 0 Å². The molecular weight excluding hydrogens is 694 g/mol. The highest BCUT2D eigenvalue weighted by atomic mass is 35.5. The Bertz CT molecular complexity index is 2100. The van der Waals surface area contributed by atoms with E-state index in [0.717, 1.165) is 11.1 Å². The summed E-state index contributed by atoms with van der Waals surface area (Å²) >= 11 is 32.7. The first-order valence-corrected chi connectivity index (χ1v) is 17.2. The van der Waals surface area contributed by atoms with Crippen LogP contribution in [-0.2, 0) is 38.4 Å². The Morgan fingerprint density at radius 3 is 1.00 bits per heavy atom. The van der Waals surface area contributed by atoms with E-state index in [1.54, 1.807) is 28.4 Å². The van der Waals surface area contributed by atoms with Gasteiger partial charge in [0.15, 0.2) is 9.75 Å². The van der Waals surface area contributed by atoms with Gasteiger partial charge in [-0.25, -0.2) is 19.9 Å². The third kappa shape index (κ3) is 2.68. The van der Waals surface area contributed by atoms with Gasteiger partial charge < -0.3 is 18.9 Å². The van der Waals surface area contributed by atoms with Crippen LogP contribution in [0.1, 0.15) is 45.7 Å². The van der Waals surface area contributed by atoms with Crippen molar-refractivity contribution in [2.75, 3.05) is 28.4 Å². The average Bonchev–Trinajstić information content (AvgIpc) is 3.57. The largest absolute Gasteiger partial charge is 0.349 e. The van der Waals surface area contributed by atoms with Gasteiger partial charge in [0.2, 0.25) is 11.6 Å². The molecule has 0 spiro atoms. The minimum absolute atomic E-state index is 0.484. The fourth-order valence-corrected chi connectivity index (χ4v) is 13.6. The van der Waals surface area contributed by atoms with Gasteiger partial charge in [0.05, 0.1) is 44.8 Å². The summed E-state index contributed by atoms with van der Waals surface area (Å²) in [7, 11) is 6.25. The second-order valence-electron chi connectivity index (χ2n) is 13.4. The molecule has 0 aliphatic heterocycles. The summed E-state index contributed by atoms with van der Waals surface area (Å²) in [6.07, 6.45) is 0. The van der Waals surface area contributed by atoms with E-state index in [0.29, 0.717) is 44.8 Å². The smallest absolute Gasteiger partial charge is 0.219 e. The van der Waals surface area contributed by atoms with Gasteiger partial charge in [-0.15, -0.1) is 46.4 Å². The number of methoxy groups -OCH3 is 4.